The van der Waals surface area contributed by atoms with Gasteiger partial charge in [-0.25, -0.2) is 4.90 Å². The molecular formula is C21H19N3O6. The van der Waals surface area contributed by atoms with E-state index in [2.05, 4.69) is 12.1 Å². The standard InChI is InChI=1S/C21H19N3O6/c1-2-3-12-29-16-10-8-14(9-11-16)23-20(25)17-18(22-30-19(17)21(23)26)13-4-6-15(7-5-13)24(27)28/h4-11,17,19H,2-3,12H2,1H3/t17-,19-/m0/s1. The lowest BCUT2D eigenvalue weighted by molar-refractivity contribution is -0.384. The number of nitro groups is 1. The van der Waals surface area contributed by atoms with Crippen molar-refractivity contribution in [2.24, 2.45) is 11.1 Å². The van der Waals surface area contributed by atoms with Crippen LogP contribution in [0.5, 0.6) is 5.75 Å². The predicted molar refractivity (Wildman–Crippen MR) is 107 cm³/mol. The first kappa shape index (κ1) is 19.6. The van der Waals surface area contributed by atoms with E-state index in [0.717, 1.165) is 17.7 Å². The molecule has 1 fully saturated rings. The first-order valence-electron chi connectivity index (χ1n) is 9.60. The second-order valence-corrected chi connectivity index (χ2v) is 6.99. The fraction of sp³-hybridized carbons (Fsp3) is 0.286. The maximum Gasteiger partial charge on any atom is 0.278 e. The molecular weight excluding hydrogens is 390 g/mol. The second kappa shape index (κ2) is 7.94. The molecule has 0 spiro atoms. The van der Waals surface area contributed by atoms with Crippen molar-refractivity contribution in [1.82, 2.24) is 0 Å². The molecule has 2 aromatic carbocycles. The van der Waals surface area contributed by atoms with Gasteiger partial charge >= 0.3 is 0 Å². The van der Waals surface area contributed by atoms with Crippen LogP contribution in [0.1, 0.15) is 25.3 Å². The van der Waals surface area contributed by atoms with Gasteiger partial charge in [-0.05, 0) is 42.8 Å². The van der Waals surface area contributed by atoms with Gasteiger partial charge in [-0.1, -0.05) is 18.5 Å². The molecule has 9 nitrogen and oxygen atoms in total. The lowest BCUT2D eigenvalue weighted by atomic mass is 9.94. The summed E-state index contributed by atoms with van der Waals surface area (Å²) in [5, 5.41) is 14.8. The van der Waals surface area contributed by atoms with Crippen LogP contribution < -0.4 is 9.64 Å². The number of carbonyl (C=O) groups is 2. The summed E-state index contributed by atoms with van der Waals surface area (Å²) >= 11 is 0. The van der Waals surface area contributed by atoms with E-state index in [0.29, 0.717) is 23.6 Å². The first-order valence-corrected chi connectivity index (χ1v) is 9.60. The van der Waals surface area contributed by atoms with E-state index in [1.54, 1.807) is 24.3 Å². The van der Waals surface area contributed by atoms with E-state index in [-0.39, 0.29) is 11.4 Å². The Labute approximate surface area is 172 Å². The number of benzene rings is 2. The van der Waals surface area contributed by atoms with Crippen molar-refractivity contribution in [3.63, 3.8) is 0 Å². The Hall–Kier alpha value is -3.75. The normalized spacial score (nSPS) is 20.0. The number of rotatable bonds is 7. The molecule has 0 saturated carbocycles. The van der Waals surface area contributed by atoms with Crippen LogP contribution in [0.4, 0.5) is 11.4 Å². The van der Waals surface area contributed by atoms with Crippen LogP contribution in [0.15, 0.2) is 53.7 Å². The van der Waals surface area contributed by atoms with Crippen molar-refractivity contribution in [2.75, 3.05) is 11.5 Å². The Morgan fingerprint density at radius 3 is 2.43 bits per heavy atom. The average Bonchev–Trinajstić information content (AvgIpc) is 3.29. The molecule has 0 aromatic heterocycles. The van der Waals surface area contributed by atoms with E-state index in [1.807, 2.05) is 0 Å². The van der Waals surface area contributed by atoms with Crippen LogP contribution in [0.2, 0.25) is 0 Å². The molecule has 0 bridgehead atoms. The number of hydrogen-bond acceptors (Lipinski definition) is 7. The molecule has 2 aliphatic rings. The fourth-order valence-corrected chi connectivity index (χ4v) is 3.45. The molecule has 0 radical (unpaired) electrons. The van der Waals surface area contributed by atoms with Gasteiger partial charge in [-0.2, -0.15) is 0 Å². The Kier molecular flexibility index (Phi) is 5.18. The third-order valence-electron chi connectivity index (χ3n) is 5.05. The van der Waals surface area contributed by atoms with Crippen LogP contribution in [-0.4, -0.2) is 35.2 Å². The van der Waals surface area contributed by atoms with Gasteiger partial charge in [-0.15, -0.1) is 0 Å². The van der Waals surface area contributed by atoms with Gasteiger partial charge in [0.25, 0.3) is 11.6 Å². The minimum absolute atomic E-state index is 0.0773. The summed E-state index contributed by atoms with van der Waals surface area (Å²) in [7, 11) is 0. The maximum atomic E-state index is 13.1. The zero-order valence-electron chi connectivity index (χ0n) is 16.2. The SMILES string of the molecule is CCCCOc1ccc(N2C(=O)[C@H]3C(c4ccc([N+](=O)[O-])cc4)=NO[C@@H]3C2=O)cc1. The fourth-order valence-electron chi connectivity index (χ4n) is 3.45. The van der Waals surface area contributed by atoms with Crippen LogP contribution in [0.25, 0.3) is 0 Å². The van der Waals surface area contributed by atoms with Crippen molar-refractivity contribution in [3.05, 3.63) is 64.2 Å². The Bertz CT molecular complexity index is 1020. The molecule has 2 atom stereocenters. The number of oxime groups is 1. The summed E-state index contributed by atoms with van der Waals surface area (Å²) in [4.78, 5) is 42.5. The number of hydrogen-bond donors (Lipinski definition) is 0. The Morgan fingerprint density at radius 2 is 1.80 bits per heavy atom. The smallest absolute Gasteiger partial charge is 0.278 e. The van der Waals surface area contributed by atoms with Gasteiger partial charge in [0.1, 0.15) is 17.4 Å². The molecule has 0 unspecified atom stereocenters. The average molecular weight is 409 g/mol. The van der Waals surface area contributed by atoms with E-state index in [9.17, 15) is 19.7 Å². The highest BCUT2D eigenvalue weighted by molar-refractivity contribution is 6.32. The number of nitro benzene ring substituents is 1. The van der Waals surface area contributed by atoms with Crippen molar-refractivity contribution in [2.45, 2.75) is 25.9 Å². The molecule has 1 saturated heterocycles. The number of unbranched alkanes of at least 4 members (excludes halogenated alkanes) is 1. The summed E-state index contributed by atoms with van der Waals surface area (Å²) < 4.78 is 5.61. The summed E-state index contributed by atoms with van der Waals surface area (Å²) in [5.74, 6) is -1.17. The van der Waals surface area contributed by atoms with Gasteiger partial charge in [0.2, 0.25) is 12.0 Å². The highest BCUT2D eigenvalue weighted by atomic mass is 16.7. The quantitative estimate of drug-likeness (QED) is 0.301. The molecule has 4 rings (SSSR count). The van der Waals surface area contributed by atoms with Gasteiger partial charge < -0.3 is 9.57 Å². The monoisotopic (exact) mass is 409 g/mol. The minimum atomic E-state index is -1.04. The Morgan fingerprint density at radius 1 is 1.10 bits per heavy atom. The van der Waals surface area contributed by atoms with Crippen LogP contribution in [-0.2, 0) is 14.4 Å². The van der Waals surface area contributed by atoms with E-state index in [4.69, 9.17) is 9.57 Å². The largest absolute Gasteiger partial charge is 0.494 e. The molecule has 154 valence electrons. The van der Waals surface area contributed by atoms with Crippen LogP contribution >= 0.6 is 0 Å². The van der Waals surface area contributed by atoms with E-state index in [1.165, 1.54) is 24.3 Å². The van der Waals surface area contributed by atoms with Crippen molar-refractivity contribution < 1.29 is 24.1 Å². The number of fused-ring (bicyclic) bond motifs is 1. The van der Waals surface area contributed by atoms with Gasteiger partial charge in [-0.3, -0.25) is 19.7 Å². The molecule has 2 heterocycles. The van der Waals surface area contributed by atoms with Crippen molar-refractivity contribution >= 4 is 28.9 Å². The zero-order valence-corrected chi connectivity index (χ0v) is 16.2. The summed E-state index contributed by atoms with van der Waals surface area (Å²) in [6.45, 7) is 2.68. The number of imide groups is 1. The number of amides is 2. The number of nitrogens with zero attached hydrogens (tertiary/aromatic N) is 3. The molecule has 2 aromatic rings. The Balaban J connectivity index is 1.54. The van der Waals surface area contributed by atoms with E-state index < -0.39 is 28.8 Å². The maximum absolute atomic E-state index is 13.1. The topological polar surface area (TPSA) is 111 Å². The van der Waals surface area contributed by atoms with Crippen LogP contribution in [0.3, 0.4) is 0 Å². The zero-order chi connectivity index (χ0) is 21.3. The third kappa shape index (κ3) is 3.38. The number of anilines is 1. The van der Waals surface area contributed by atoms with Gasteiger partial charge in [0.05, 0.1) is 17.2 Å². The molecule has 9 heteroatoms. The van der Waals surface area contributed by atoms with Crippen LogP contribution in [0, 0.1) is 16.0 Å². The predicted octanol–water partition coefficient (Wildman–Crippen LogP) is 3.07. The van der Waals surface area contributed by atoms with Gasteiger partial charge in [0.15, 0.2) is 0 Å². The summed E-state index contributed by atoms with van der Waals surface area (Å²) in [5.41, 5.74) is 1.13. The lowest BCUT2D eigenvalue weighted by Gasteiger charge is -2.16. The molecule has 2 aliphatic heterocycles. The summed E-state index contributed by atoms with van der Waals surface area (Å²) in [6.07, 6.45) is 0.926. The lowest BCUT2D eigenvalue weighted by Crippen LogP contribution is -2.33. The van der Waals surface area contributed by atoms with E-state index >= 15 is 0 Å². The molecule has 0 aliphatic carbocycles. The molecule has 0 N–H and O–H groups in total. The third-order valence-corrected chi connectivity index (χ3v) is 5.05. The second-order valence-electron chi connectivity index (χ2n) is 6.99. The first-order chi connectivity index (χ1) is 14.5. The van der Waals surface area contributed by atoms with Gasteiger partial charge in [0, 0.05) is 17.7 Å². The number of non-ortho nitro benzene ring substituents is 1. The van der Waals surface area contributed by atoms with Crippen molar-refractivity contribution in [1.29, 1.82) is 0 Å². The highest BCUT2D eigenvalue weighted by Crippen LogP contribution is 2.35. The number of carbonyl (C=O) groups excluding carboxylic acids is 2. The van der Waals surface area contributed by atoms with Crippen molar-refractivity contribution in [3.8, 4) is 5.75 Å². The minimum Gasteiger partial charge on any atom is -0.494 e. The number of ether oxygens (including phenoxy) is 1. The molecule has 30 heavy (non-hydrogen) atoms. The molecule has 2 amide bonds. The summed E-state index contributed by atoms with van der Waals surface area (Å²) in [6, 6.07) is 12.4. The highest BCUT2D eigenvalue weighted by Gasteiger charge is 2.56.